The summed E-state index contributed by atoms with van der Waals surface area (Å²) in [7, 11) is 0. The van der Waals surface area contributed by atoms with Gasteiger partial charge in [-0.15, -0.1) is 0 Å². The monoisotopic (exact) mass is 152 g/mol. The van der Waals surface area contributed by atoms with Gasteiger partial charge >= 0.3 is 0 Å². The molecule has 1 rings (SSSR count). The van der Waals surface area contributed by atoms with Crippen molar-refractivity contribution in [3.63, 3.8) is 0 Å². The van der Waals surface area contributed by atoms with Gasteiger partial charge in [-0.3, -0.25) is 0 Å². The van der Waals surface area contributed by atoms with Crippen molar-refractivity contribution in [1.29, 1.82) is 0 Å². The van der Waals surface area contributed by atoms with E-state index >= 15 is 0 Å². The summed E-state index contributed by atoms with van der Waals surface area (Å²) in [6.45, 7) is 1.61. The summed E-state index contributed by atoms with van der Waals surface area (Å²) in [5.41, 5.74) is 0. The SMILES string of the molecule is CC1CCC(F)C(F)C1F. The van der Waals surface area contributed by atoms with E-state index in [0.29, 0.717) is 6.42 Å². The molecule has 1 saturated carbocycles. The molecule has 0 amide bonds. The smallest absolute Gasteiger partial charge is 0.162 e. The van der Waals surface area contributed by atoms with E-state index in [0.717, 1.165) is 0 Å². The van der Waals surface area contributed by atoms with E-state index in [4.69, 9.17) is 0 Å². The molecule has 0 saturated heterocycles. The first kappa shape index (κ1) is 7.89. The van der Waals surface area contributed by atoms with Gasteiger partial charge in [-0.2, -0.15) is 0 Å². The average Bonchev–Trinajstić information content (AvgIpc) is 1.93. The lowest BCUT2D eigenvalue weighted by Gasteiger charge is -2.28. The van der Waals surface area contributed by atoms with Crippen molar-refractivity contribution in [2.45, 2.75) is 38.3 Å². The minimum Gasteiger partial charge on any atom is -0.244 e. The Morgan fingerprint density at radius 1 is 1.00 bits per heavy atom. The Bertz CT molecular complexity index is 101. The average molecular weight is 152 g/mol. The van der Waals surface area contributed by atoms with E-state index < -0.39 is 18.5 Å². The summed E-state index contributed by atoms with van der Waals surface area (Å²) in [6, 6.07) is 0. The lowest BCUT2D eigenvalue weighted by atomic mass is 9.86. The summed E-state index contributed by atoms with van der Waals surface area (Å²) in [4.78, 5) is 0. The molecule has 0 heterocycles. The van der Waals surface area contributed by atoms with Gasteiger partial charge in [0.1, 0.15) is 12.3 Å². The summed E-state index contributed by atoms with van der Waals surface area (Å²) >= 11 is 0. The fourth-order valence-corrected chi connectivity index (χ4v) is 1.25. The Morgan fingerprint density at radius 2 is 1.60 bits per heavy atom. The molecule has 0 N–H and O–H groups in total. The van der Waals surface area contributed by atoms with Gasteiger partial charge in [0.25, 0.3) is 0 Å². The molecule has 1 aliphatic rings. The maximum atomic E-state index is 12.6. The highest BCUT2D eigenvalue weighted by Crippen LogP contribution is 2.30. The first-order valence-electron chi connectivity index (χ1n) is 3.55. The molecule has 0 spiro atoms. The van der Waals surface area contributed by atoms with Crippen LogP contribution in [0.15, 0.2) is 0 Å². The quantitative estimate of drug-likeness (QED) is 0.500. The molecule has 4 atom stereocenters. The van der Waals surface area contributed by atoms with Crippen LogP contribution in [0.3, 0.4) is 0 Å². The molecule has 0 aromatic heterocycles. The van der Waals surface area contributed by atoms with E-state index in [1.54, 1.807) is 6.92 Å². The summed E-state index contributed by atoms with van der Waals surface area (Å²) in [6.07, 6.45) is -4.43. The Hall–Kier alpha value is -0.210. The van der Waals surface area contributed by atoms with Gasteiger partial charge in [-0.25, -0.2) is 13.2 Å². The largest absolute Gasteiger partial charge is 0.244 e. The van der Waals surface area contributed by atoms with E-state index in [1.807, 2.05) is 0 Å². The van der Waals surface area contributed by atoms with Crippen molar-refractivity contribution in [2.75, 3.05) is 0 Å². The predicted octanol–water partition coefficient (Wildman–Crippen LogP) is 2.43. The topological polar surface area (TPSA) is 0 Å². The predicted molar refractivity (Wildman–Crippen MR) is 33.1 cm³/mol. The van der Waals surface area contributed by atoms with E-state index in [-0.39, 0.29) is 12.3 Å². The minimum atomic E-state index is -1.89. The molecule has 60 valence electrons. The van der Waals surface area contributed by atoms with E-state index in [9.17, 15) is 13.2 Å². The zero-order valence-corrected chi connectivity index (χ0v) is 5.86. The molecule has 3 heteroatoms. The number of alkyl halides is 3. The van der Waals surface area contributed by atoms with Crippen LogP contribution in [0.5, 0.6) is 0 Å². The molecular formula is C7H11F3. The summed E-state index contributed by atoms with van der Waals surface area (Å²) in [5.74, 6) is -0.318. The number of hydrogen-bond acceptors (Lipinski definition) is 0. The van der Waals surface area contributed by atoms with E-state index in [2.05, 4.69) is 0 Å². The van der Waals surface area contributed by atoms with Crippen LogP contribution in [0.2, 0.25) is 0 Å². The molecule has 10 heavy (non-hydrogen) atoms. The Labute approximate surface area is 58.4 Å². The molecule has 0 nitrogen and oxygen atoms in total. The number of halogens is 3. The first-order chi connectivity index (χ1) is 4.63. The van der Waals surface area contributed by atoms with Crippen molar-refractivity contribution in [1.82, 2.24) is 0 Å². The minimum absolute atomic E-state index is 0.169. The second-order valence-electron chi connectivity index (χ2n) is 2.96. The second-order valence-corrected chi connectivity index (χ2v) is 2.96. The van der Waals surface area contributed by atoms with Gasteiger partial charge in [0, 0.05) is 0 Å². The van der Waals surface area contributed by atoms with Crippen molar-refractivity contribution in [3.8, 4) is 0 Å². The van der Waals surface area contributed by atoms with Gasteiger partial charge in [-0.05, 0) is 18.8 Å². The van der Waals surface area contributed by atoms with Crippen LogP contribution in [0.25, 0.3) is 0 Å². The molecule has 1 aliphatic carbocycles. The molecule has 0 bridgehead atoms. The fraction of sp³-hybridized carbons (Fsp3) is 1.00. The highest BCUT2D eigenvalue weighted by Gasteiger charge is 2.38. The summed E-state index contributed by atoms with van der Waals surface area (Å²) < 4.78 is 37.5. The molecule has 0 aromatic rings. The molecule has 4 unspecified atom stereocenters. The van der Waals surface area contributed by atoms with Gasteiger partial charge < -0.3 is 0 Å². The van der Waals surface area contributed by atoms with Gasteiger partial charge in [-0.1, -0.05) is 6.92 Å². The van der Waals surface area contributed by atoms with Gasteiger partial charge in [0.05, 0.1) is 0 Å². The molecule has 0 aromatic carbocycles. The lowest BCUT2D eigenvalue weighted by Crippen LogP contribution is -2.37. The van der Waals surface area contributed by atoms with Crippen LogP contribution in [0, 0.1) is 5.92 Å². The normalized spacial score (nSPS) is 49.2. The Kier molecular flexibility index (Phi) is 2.21. The van der Waals surface area contributed by atoms with Gasteiger partial charge in [0.2, 0.25) is 0 Å². The van der Waals surface area contributed by atoms with Crippen LogP contribution in [0.4, 0.5) is 13.2 Å². The van der Waals surface area contributed by atoms with Crippen molar-refractivity contribution in [3.05, 3.63) is 0 Å². The molecular weight excluding hydrogens is 141 g/mol. The number of rotatable bonds is 0. The third-order valence-corrected chi connectivity index (χ3v) is 2.09. The number of hydrogen-bond donors (Lipinski definition) is 0. The van der Waals surface area contributed by atoms with Crippen LogP contribution in [-0.2, 0) is 0 Å². The van der Waals surface area contributed by atoms with Crippen molar-refractivity contribution in [2.24, 2.45) is 5.92 Å². The second kappa shape index (κ2) is 2.81. The third-order valence-electron chi connectivity index (χ3n) is 2.09. The highest BCUT2D eigenvalue weighted by atomic mass is 19.2. The third kappa shape index (κ3) is 1.27. The molecule has 1 fully saturated rings. The zero-order valence-electron chi connectivity index (χ0n) is 5.86. The zero-order chi connectivity index (χ0) is 7.72. The molecule has 0 aliphatic heterocycles. The van der Waals surface area contributed by atoms with Crippen molar-refractivity contribution >= 4 is 0 Å². The Morgan fingerprint density at radius 3 is 2.10 bits per heavy atom. The lowest BCUT2D eigenvalue weighted by molar-refractivity contribution is 0.0118. The highest BCUT2D eigenvalue weighted by molar-refractivity contribution is 4.85. The van der Waals surface area contributed by atoms with Crippen LogP contribution < -0.4 is 0 Å². The maximum Gasteiger partial charge on any atom is 0.162 e. The fourth-order valence-electron chi connectivity index (χ4n) is 1.25. The van der Waals surface area contributed by atoms with Gasteiger partial charge in [0.15, 0.2) is 6.17 Å². The maximum absolute atomic E-state index is 12.6. The standard InChI is InChI=1S/C7H11F3/c1-4-2-3-5(8)7(10)6(4)9/h4-7H,2-3H2,1H3. The van der Waals surface area contributed by atoms with E-state index in [1.165, 1.54) is 0 Å². The summed E-state index contributed by atoms with van der Waals surface area (Å²) in [5, 5.41) is 0. The van der Waals surface area contributed by atoms with Crippen LogP contribution in [0.1, 0.15) is 19.8 Å². The molecule has 0 radical (unpaired) electrons. The van der Waals surface area contributed by atoms with Crippen LogP contribution >= 0.6 is 0 Å². The van der Waals surface area contributed by atoms with Crippen LogP contribution in [-0.4, -0.2) is 18.5 Å². The first-order valence-corrected chi connectivity index (χ1v) is 3.55. The Balaban J connectivity index is 2.52. The van der Waals surface area contributed by atoms with Crippen molar-refractivity contribution < 1.29 is 13.2 Å².